The Labute approximate surface area is 162 Å². The summed E-state index contributed by atoms with van der Waals surface area (Å²) in [6, 6.07) is 1.01. The standard InChI is InChI=1S/C19H25F3N6/c1-12-13(2)25-17(18(3,4)5)26-16(12)28-8-6-27(7-9-28)15-10-14(19(20,21)22)23-11-24-15/h10-11H,6-9H2,1-5H3. The minimum atomic E-state index is -4.47. The molecule has 0 spiro atoms. The number of hydrogen-bond donors (Lipinski definition) is 0. The van der Waals surface area contributed by atoms with Crippen LogP contribution in [0.1, 0.15) is 43.5 Å². The van der Waals surface area contributed by atoms with Crippen LogP contribution in [0, 0.1) is 13.8 Å². The van der Waals surface area contributed by atoms with Gasteiger partial charge in [-0.25, -0.2) is 19.9 Å². The summed E-state index contributed by atoms with van der Waals surface area (Å²) >= 11 is 0. The Morgan fingerprint density at radius 2 is 1.50 bits per heavy atom. The predicted molar refractivity (Wildman–Crippen MR) is 102 cm³/mol. The number of piperazine rings is 1. The third-order valence-electron chi connectivity index (χ3n) is 4.88. The van der Waals surface area contributed by atoms with Gasteiger partial charge >= 0.3 is 6.18 Å². The van der Waals surface area contributed by atoms with E-state index in [1.807, 2.05) is 18.7 Å². The third kappa shape index (κ3) is 4.18. The van der Waals surface area contributed by atoms with Gasteiger partial charge in [0.15, 0.2) is 0 Å². The first-order valence-corrected chi connectivity index (χ1v) is 9.21. The summed E-state index contributed by atoms with van der Waals surface area (Å²) in [7, 11) is 0. The topological polar surface area (TPSA) is 58.0 Å². The molecule has 0 saturated carbocycles. The second-order valence-corrected chi connectivity index (χ2v) is 8.06. The molecule has 0 aromatic carbocycles. The molecular weight excluding hydrogens is 369 g/mol. The summed E-state index contributed by atoms with van der Waals surface area (Å²) in [5.74, 6) is 1.99. The molecule has 1 aliphatic rings. The van der Waals surface area contributed by atoms with Gasteiger partial charge in [-0.3, -0.25) is 0 Å². The highest BCUT2D eigenvalue weighted by atomic mass is 19.4. The highest BCUT2D eigenvalue weighted by molar-refractivity contribution is 5.51. The molecule has 1 fully saturated rings. The van der Waals surface area contributed by atoms with Crippen molar-refractivity contribution in [3.8, 4) is 0 Å². The molecule has 0 bridgehead atoms. The largest absolute Gasteiger partial charge is 0.433 e. The molecule has 0 radical (unpaired) electrons. The van der Waals surface area contributed by atoms with Gasteiger partial charge in [0.1, 0.15) is 29.5 Å². The monoisotopic (exact) mass is 394 g/mol. The molecule has 2 aromatic rings. The summed E-state index contributed by atoms with van der Waals surface area (Å²) in [5, 5.41) is 0. The van der Waals surface area contributed by atoms with E-state index in [-0.39, 0.29) is 5.41 Å². The maximum absolute atomic E-state index is 12.9. The van der Waals surface area contributed by atoms with Crippen molar-refractivity contribution in [2.75, 3.05) is 36.0 Å². The van der Waals surface area contributed by atoms with Crippen molar-refractivity contribution in [1.29, 1.82) is 0 Å². The zero-order valence-electron chi connectivity index (χ0n) is 16.8. The maximum Gasteiger partial charge on any atom is 0.433 e. The first-order chi connectivity index (χ1) is 13.0. The van der Waals surface area contributed by atoms with Gasteiger partial charge in [-0.15, -0.1) is 0 Å². The zero-order chi connectivity index (χ0) is 20.7. The van der Waals surface area contributed by atoms with E-state index in [0.717, 1.165) is 35.3 Å². The molecule has 0 atom stereocenters. The van der Waals surface area contributed by atoms with Crippen LogP contribution in [0.4, 0.5) is 24.8 Å². The summed E-state index contributed by atoms with van der Waals surface area (Å²) in [6.45, 7) is 12.6. The van der Waals surface area contributed by atoms with Crippen molar-refractivity contribution in [3.63, 3.8) is 0 Å². The number of anilines is 2. The van der Waals surface area contributed by atoms with Gasteiger partial charge in [0.05, 0.1) is 0 Å². The zero-order valence-corrected chi connectivity index (χ0v) is 16.8. The normalized spacial score (nSPS) is 15.9. The van der Waals surface area contributed by atoms with E-state index in [2.05, 4.69) is 40.6 Å². The first-order valence-electron chi connectivity index (χ1n) is 9.21. The Hall–Kier alpha value is -2.45. The van der Waals surface area contributed by atoms with Crippen LogP contribution in [0.2, 0.25) is 0 Å². The van der Waals surface area contributed by atoms with Crippen molar-refractivity contribution in [3.05, 3.63) is 35.2 Å². The van der Waals surface area contributed by atoms with Crippen LogP contribution in [-0.4, -0.2) is 46.1 Å². The van der Waals surface area contributed by atoms with Crippen molar-refractivity contribution in [1.82, 2.24) is 19.9 Å². The van der Waals surface area contributed by atoms with Gasteiger partial charge in [-0.05, 0) is 13.8 Å². The average Bonchev–Trinajstić information content (AvgIpc) is 2.62. The van der Waals surface area contributed by atoms with Crippen LogP contribution in [0.5, 0.6) is 0 Å². The molecule has 3 heterocycles. The number of rotatable bonds is 2. The molecule has 0 unspecified atom stereocenters. The van der Waals surface area contributed by atoms with Crippen molar-refractivity contribution < 1.29 is 13.2 Å². The van der Waals surface area contributed by atoms with Gasteiger partial charge in [0.2, 0.25) is 0 Å². The molecule has 1 saturated heterocycles. The number of aromatic nitrogens is 4. The van der Waals surface area contributed by atoms with Crippen LogP contribution in [-0.2, 0) is 11.6 Å². The molecule has 6 nitrogen and oxygen atoms in total. The highest BCUT2D eigenvalue weighted by Crippen LogP contribution is 2.30. The molecule has 3 rings (SSSR count). The molecule has 0 aliphatic carbocycles. The van der Waals surface area contributed by atoms with Crippen molar-refractivity contribution >= 4 is 11.6 Å². The Bertz CT molecular complexity index is 852. The molecule has 152 valence electrons. The Morgan fingerprint density at radius 1 is 0.893 bits per heavy atom. The van der Waals surface area contributed by atoms with E-state index in [9.17, 15) is 13.2 Å². The van der Waals surface area contributed by atoms with E-state index in [1.54, 1.807) is 0 Å². The van der Waals surface area contributed by atoms with Gasteiger partial charge in [-0.2, -0.15) is 13.2 Å². The fourth-order valence-corrected chi connectivity index (χ4v) is 3.08. The fourth-order valence-electron chi connectivity index (χ4n) is 3.08. The lowest BCUT2D eigenvalue weighted by molar-refractivity contribution is -0.141. The maximum atomic E-state index is 12.9. The fraction of sp³-hybridized carbons (Fsp3) is 0.579. The van der Waals surface area contributed by atoms with Crippen LogP contribution in [0.15, 0.2) is 12.4 Å². The molecule has 2 aromatic heterocycles. The minimum Gasteiger partial charge on any atom is -0.353 e. The Balaban J connectivity index is 1.79. The quantitative estimate of drug-likeness (QED) is 0.777. The van der Waals surface area contributed by atoms with Gasteiger partial charge in [0.25, 0.3) is 0 Å². The summed E-state index contributed by atoms with van der Waals surface area (Å²) in [4.78, 5) is 20.8. The highest BCUT2D eigenvalue weighted by Gasteiger charge is 2.33. The summed E-state index contributed by atoms with van der Waals surface area (Å²) in [6.07, 6.45) is -3.50. The van der Waals surface area contributed by atoms with Crippen LogP contribution < -0.4 is 9.80 Å². The van der Waals surface area contributed by atoms with Crippen LogP contribution in [0.25, 0.3) is 0 Å². The number of hydrogen-bond acceptors (Lipinski definition) is 6. The number of aryl methyl sites for hydroxylation is 1. The molecule has 28 heavy (non-hydrogen) atoms. The lowest BCUT2D eigenvalue weighted by Gasteiger charge is -2.37. The van der Waals surface area contributed by atoms with Crippen molar-refractivity contribution in [2.45, 2.75) is 46.2 Å². The average molecular weight is 394 g/mol. The molecule has 0 amide bonds. The second-order valence-electron chi connectivity index (χ2n) is 8.06. The SMILES string of the molecule is Cc1nc(C(C)(C)C)nc(N2CCN(c3cc(C(F)(F)F)ncn3)CC2)c1C. The van der Waals surface area contributed by atoms with Gasteiger partial charge in [-0.1, -0.05) is 20.8 Å². The van der Waals surface area contributed by atoms with Gasteiger partial charge < -0.3 is 9.80 Å². The van der Waals surface area contributed by atoms with Gasteiger partial charge in [0, 0.05) is 48.9 Å². The first kappa shape index (κ1) is 20.3. The van der Waals surface area contributed by atoms with Crippen LogP contribution >= 0.6 is 0 Å². The van der Waals surface area contributed by atoms with Crippen LogP contribution in [0.3, 0.4) is 0 Å². The molecular formula is C19H25F3N6. The van der Waals surface area contributed by atoms with E-state index in [0.29, 0.717) is 32.0 Å². The smallest absolute Gasteiger partial charge is 0.353 e. The molecule has 9 heteroatoms. The third-order valence-corrected chi connectivity index (χ3v) is 4.88. The van der Waals surface area contributed by atoms with E-state index in [1.165, 1.54) is 0 Å². The number of alkyl halides is 3. The Kier molecular flexibility index (Phi) is 5.20. The van der Waals surface area contributed by atoms with Crippen molar-refractivity contribution in [2.24, 2.45) is 0 Å². The summed E-state index contributed by atoms with van der Waals surface area (Å²) < 4.78 is 38.7. The molecule has 0 N–H and O–H groups in total. The molecule has 1 aliphatic heterocycles. The number of nitrogens with zero attached hydrogens (tertiary/aromatic N) is 6. The summed E-state index contributed by atoms with van der Waals surface area (Å²) in [5.41, 5.74) is 0.895. The lowest BCUT2D eigenvalue weighted by Crippen LogP contribution is -2.47. The lowest BCUT2D eigenvalue weighted by atomic mass is 9.95. The predicted octanol–water partition coefficient (Wildman–Crippen LogP) is 3.53. The second kappa shape index (κ2) is 7.18. The van der Waals surface area contributed by atoms with E-state index < -0.39 is 11.9 Å². The number of halogens is 3. The van der Waals surface area contributed by atoms with E-state index >= 15 is 0 Å². The minimum absolute atomic E-state index is 0.163. The van der Waals surface area contributed by atoms with E-state index in [4.69, 9.17) is 4.98 Å². The Morgan fingerprint density at radius 3 is 2.07 bits per heavy atom.